The van der Waals surface area contributed by atoms with Crippen LogP contribution in [0.25, 0.3) is 0 Å². The van der Waals surface area contributed by atoms with Gasteiger partial charge in [0.2, 0.25) is 0 Å². The Morgan fingerprint density at radius 2 is 2.08 bits per heavy atom. The van der Waals surface area contributed by atoms with Gasteiger partial charge >= 0.3 is 0 Å². The highest BCUT2D eigenvalue weighted by molar-refractivity contribution is 9.09. The maximum Gasteiger partial charge on any atom is 0.0100 e. The predicted octanol–water partition coefficient (Wildman–Crippen LogP) is 3.14. The van der Waals surface area contributed by atoms with Crippen molar-refractivity contribution in [1.29, 1.82) is 0 Å². The minimum atomic E-state index is 0.641. The molecule has 0 bridgehead atoms. The molecule has 0 radical (unpaired) electrons. The second kappa shape index (κ2) is 4.79. The van der Waals surface area contributed by atoms with Crippen molar-refractivity contribution < 1.29 is 0 Å². The van der Waals surface area contributed by atoms with Gasteiger partial charge in [-0.2, -0.15) is 0 Å². The third-order valence-electron chi connectivity index (χ3n) is 3.17. The first-order chi connectivity index (χ1) is 6.12. The van der Waals surface area contributed by atoms with Gasteiger partial charge in [0.1, 0.15) is 0 Å². The highest BCUT2D eigenvalue weighted by Crippen LogP contribution is 2.47. The molecule has 0 aliphatic heterocycles. The molecule has 1 unspecified atom stereocenters. The van der Waals surface area contributed by atoms with Gasteiger partial charge in [-0.15, -0.1) is 0 Å². The van der Waals surface area contributed by atoms with E-state index in [9.17, 15) is 0 Å². The van der Waals surface area contributed by atoms with Crippen molar-refractivity contribution in [3.8, 4) is 0 Å². The number of alkyl halides is 1. The van der Waals surface area contributed by atoms with Crippen molar-refractivity contribution in [3.05, 3.63) is 0 Å². The van der Waals surface area contributed by atoms with Crippen molar-refractivity contribution >= 4 is 15.9 Å². The van der Waals surface area contributed by atoms with Gasteiger partial charge in [0, 0.05) is 18.4 Å². The first kappa shape index (κ1) is 11.5. The second-order valence-corrected chi connectivity index (χ2v) is 5.40. The number of halogens is 1. The summed E-state index contributed by atoms with van der Waals surface area (Å²) in [6.45, 7) is 7.15. The van der Waals surface area contributed by atoms with Crippen LogP contribution in [0.3, 0.4) is 0 Å². The topological polar surface area (TPSA) is 3.24 Å². The van der Waals surface area contributed by atoms with E-state index < -0.39 is 0 Å². The standard InChI is InChI=1S/C11H22BrN/c1-4-10(2)7-13(3)9-11(8-12)5-6-11/h10H,4-9H2,1-3H3. The third kappa shape index (κ3) is 3.59. The highest BCUT2D eigenvalue weighted by Gasteiger charge is 2.42. The van der Waals surface area contributed by atoms with Gasteiger partial charge in [-0.3, -0.25) is 0 Å². The quantitative estimate of drug-likeness (QED) is 0.653. The smallest absolute Gasteiger partial charge is 0.0100 e. The summed E-state index contributed by atoms with van der Waals surface area (Å²) in [5.74, 6) is 0.844. The lowest BCUT2D eigenvalue weighted by Gasteiger charge is -2.24. The van der Waals surface area contributed by atoms with Crippen molar-refractivity contribution in [3.63, 3.8) is 0 Å². The van der Waals surface area contributed by atoms with Crippen molar-refractivity contribution in [2.75, 3.05) is 25.5 Å². The molecule has 2 heteroatoms. The molecule has 1 rings (SSSR count). The normalized spacial score (nSPS) is 21.9. The van der Waals surface area contributed by atoms with E-state index in [4.69, 9.17) is 0 Å². The zero-order valence-electron chi connectivity index (χ0n) is 9.15. The molecular weight excluding hydrogens is 226 g/mol. The monoisotopic (exact) mass is 247 g/mol. The first-order valence-corrected chi connectivity index (χ1v) is 6.48. The second-order valence-electron chi connectivity index (χ2n) is 4.84. The van der Waals surface area contributed by atoms with Crippen LogP contribution in [0.4, 0.5) is 0 Å². The van der Waals surface area contributed by atoms with E-state index in [0.29, 0.717) is 5.41 Å². The van der Waals surface area contributed by atoms with Crippen LogP contribution in [-0.2, 0) is 0 Å². The minimum absolute atomic E-state index is 0.641. The summed E-state index contributed by atoms with van der Waals surface area (Å²) in [6, 6.07) is 0. The number of rotatable bonds is 6. The van der Waals surface area contributed by atoms with Crippen LogP contribution in [0.15, 0.2) is 0 Å². The van der Waals surface area contributed by atoms with Crippen LogP contribution in [-0.4, -0.2) is 30.4 Å². The SMILES string of the molecule is CCC(C)CN(C)CC1(CBr)CC1. The Morgan fingerprint density at radius 1 is 1.46 bits per heavy atom. The lowest BCUT2D eigenvalue weighted by Crippen LogP contribution is -2.31. The van der Waals surface area contributed by atoms with Gasteiger partial charge < -0.3 is 4.90 Å². The Balaban J connectivity index is 2.21. The van der Waals surface area contributed by atoms with Crippen LogP contribution in [0, 0.1) is 11.3 Å². The van der Waals surface area contributed by atoms with Crippen LogP contribution >= 0.6 is 15.9 Å². The maximum atomic E-state index is 3.62. The summed E-state index contributed by atoms with van der Waals surface area (Å²) in [5.41, 5.74) is 0.641. The summed E-state index contributed by atoms with van der Waals surface area (Å²) < 4.78 is 0. The van der Waals surface area contributed by atoms with Gasteiger partial charge in [0.15, 0.2) is 0 Å². The Labute approximate surface area is 91.0 Å². The van der Waals surface area contributed by atoms with Crippen LogP contribution in [0.1, 0.15) is 33.1 Å². The van der Waals surface area contributed by atoms with E-state index in [1.807, 2.05) is 0 Å². The van der Waals surface area contributed by atoms with Gasteiger partial charge in [0.25, 0.3) is 0 Å². The van der Waals surface area contributed by atoms with E-state index in [2.05, 4.69) is 41.7 Å². The molecule has 1 aliphatic carbocycles. The molecule has 0 amide bonds. The summed E-state index contributed by atoms with van der Waals surface area (Å²) in [4.78, 5) is 2.50. The van der Waals surface area contributed by atoms with Gasteiger partial charge in [-0.1, -0.05) is 36.2 Å². The van der Waals surface area contributed by atoms with Crippen LogP contribution in [0.2, 0.25) is 0 Å². The first-order valence-electron chi connectivity index (χ1n) is 5.36. The minimum Gasteiger partial charge on any atom is -0.306 e. The van der Waals surface area contributed by atoms with Crippen molar-refractivity contribution in [2.45, 2.75) is 33.1 Å². The highest BCUT2D eigenvalue weighted by atomic mass is 79.9. The summed E-state index contributed by atoms with van der Waals surface area (Å²) in [5, 5.41) is 1.19. The molecule has 1 nitrogen and oxygen atoms in total. The van der Waals surface area contributed by atoms with Gasteiger partial charge in [-0.05, 0) is 31.2 Å². The van der Waals surface area contributed by atoms with Crippen LogP contribution < -0.4 is 0 Å². The molecule has 0 spiro atoms. The maximum absolute atomic E-state index is 3.62. The molecule has 1 atom stereocenters. The fraction of sp³-hybridized carbons (Fsp3) is 1.00. The van der Waals surface area contributed by atoms with E-state index in [1.54, 1.807) is 0 Å². The Morgan fingerprint density at radius 3 is 2.46 bits per heavy atom. The lowest BCUT2D eigenvalue weighted by atomic mass is 10.1. The van der Waals surface area contributed by atoms with Gasteiger partial charge in [0.05, 0.1) is 0 Å². The predicted molar refractivity (Wildman–Crippen MR) is 62.4 cm³/mol. The zero-order chi connectivity index (χ0) is 9.90. The van der Waals surface area contributed by atoms with E-state index in [1.165, 1.54) is 37.7 Å². The molecule has 0 aromatic carbocycles. The molecular formula is C11H22BrN. The van der Waals surface area contributed by atoms with E-state index in [0.717, 1.165) is 5.92 Å². The number of hydrogen-bond acceptors (Lipinski definition) is 1. The lowest BCUT2D eigenvalue weighted by molar-refractivity contribution is 0.242. The average Bonchev–Trinajstić information content (AvgIpc) is 2.85. The summed E-state index contributed by atoms with van der Waals surface area (Å²) in [7, 11) is 2.26. The molecule has 1 saturated carbocycles. The Hall–Kier alpha value is 0.440. The third-order valence-corrected chi connectivity index (χ3v) is 4.36. The molecule has 0 aromatic rings. The van der Waals surface area contributed by atoms with Gasteiger partial charge in [-0.25, -0.2) is 0 Å². The number of hydrogen-bond donors (Lipinski definition) is 0. The van der Waals surface area contributed by atoms with E-state index in [-0.39, 0.29) is 0 Å². The largest absolute Gasteiger partial charge is 0.306 e. The zero-order valence-corrected chi connectivity index (χ0v) is 10.7. The summed E-state index contributed by atoms with van der Waals surface area (Å²) in [6.07, 6.45) is 4.14. The molecule has 13 heavy (non-hydrogen) atoms. The van der Waals surface area contributed by atoms with Crippen LogP contribution in [0.5, 0.6) is 0 Å². The number of nitrogens with zero attached hydrogens (tertiary/aromatic N) is 1. The molecule has 1 fully saturated rings. The Kier molecular flexibility index (Phi) is 4.24. The molecule has 0 N–H and O–H groups in total. The average molecular weight is 248 g/mol. The fourth-order valence-electron chi connectivity index (χ4n) is 1.81. The van der Waals surface area contributed by atoms with E-state index >= 15 is 0 Å². The Bertz CT molecular complexity index is 154. The summed E-state index contributed by atoms with van der Waals surface area (Å²) >= 11 is 3.62. The van der Waals surface area contributed by atoms with Crippen molar-refractivity contribution in [1.82, 2.24) is 4.90 Å². The molecule has 78 valence electrons. The molecule has 0 saturated heterocycles. The molecule has 1 aliphatic rings. The molecule has 0 heterocycles. The molecule has 0 aromatic heterocycles. The van der Waals surface area contributed by atoms with Crippen molar-refractivity contribution in [2.24, 2.45) is 11.3 Å². The fourth-order valence-corrected chi connectivity index (χ4v) is 2.55.